The molecular formula is C21H28N2O8. The number of amides is 2. The van der Waals surface area contributed by atoms with Gasteiger partial charge in [0.2, 0.25) is 0 Å². The van der Waals surface area contributed by atoms with Gasteiger partial charge < -0.3 is 30.0 Å². The van der Waals surface area contributed by atoms with Crippen molar-refractivity contribution in [3.05, 3.63) is 23.8 Å². The first-order chi connectivity index (χ1) is 14.5. The minimum absolute atomic E-state index is 0.0487. The van der Waals surface area contributed by atoms with Crippen LogP contribution in [-0.4, -0.2) is 53.4 Å². The summed E-state index contributed by atoms with van der Waals surface area (Å²) < 4.78 is 15.9. The van der Waals surface area contributed by atoms with Gasteiger partial charge in [-0.15, -0.1) is 0 Å². The molecule has 1 unspecified atom stereocenters. The highest BCUT2D eigenvalue weighted by Gasteiger charge is 2.30. The first-order valence-electron chi connectivity index (χ1n) is 9.97. The maximum absolute atomic E-state index is 12.3. The van der Waals surface area contributed by atoms with Crippen molar-refractivity contribution < 1.29 is 38.5 Å². The highest BCUT2D eigenvalue weighted by atomic mass is 16.6. The van der Waals surface area contributed by atoms with Crippen LogP contribution < -0.4 is 15.4 Å². The zero-order valence-electron chi connectivity index (χ0n) is 18.0. The van der Waals surface area contributed by atoms with Gasteiger partial charge in [-0.25, -0.2) is 9.59 Å². The fraction of sp³-hybridized carbons (Fsp3) is 0.524. The molecule has 0 spiro atoms. The monoisotopic (exact) mass is 436 g/mol. The summed E-state index contributed by atoms with van der Waals surface area (Å²) in [6.07, 6.45) is -1.68. The van der Waals surface area contributed by atoms with E-state index in [1.807, 2.05) is 0 Å². The van der Waals surface area contributed by atoms with Crippen LogP contribution in [0.3, 0.4) is 0 Å². The molecule has 1 aromatic carbocycles. The number of hydrogen-bond donors (Lipinski definition) is 3. The molecule has 0 aliphatic carbocycles. The number of carbonyl (C=O) groups is 4. The molecule has 1 aliphatic heterocycles. The molecule has 0 bridgehead atoms. The van der Waals surface area contributed by atoms with Crippen molar-refractivity contribution >= 4 is 29.6 Å². The predicted molar refractivity (Wildman–Crippen MR) is 110 cm³/mol. The summed E-state index contributed by atoms with van der Waals surface area (Å²) in [7, 11) is 0. The Kier molecular flexibility index (Phi) is 7.84. The third kappa shape index (κ3) is 7.47. The van der Waals surface area contributed by atoms with E-state index >= 15 is 0 Å². The second-order valence-electron chi connectivity index (χ2n) is 8.01. The summed E-state index contributed by atoms with van der Waals surface area (Å²) in [5.41, 5.74) is 0.308. The van der Waals surface area contributed by atoms with Crippen molar-refractivity contribution in [2.45, 2.75) is 64.7 Å². The fourth-order valence-corrected chi connectivity index (χ4v) is 2.89. The van der Waals surface area contributed by atoms with Crippen molar-refractivity contribution in [1.82, 2.24) is 5.32 Å². The summed E-state index contributed by atoms with van der Waals surface area (Å²) in [5, 5.41) is 14.0. The summed E-state index contributed by atoms with van der Waals surface area (Å²) in [6, 6.07) is 3.95. The van der Waals surface area contributed by atoms with E-state index in [1.54, 1.807) is 45.9 Å². The average Bonchev–Trinajstić information content (AvgIpc) is 2.64. The van der Waals surface area contributed by atoms with Gasteiger partial charge in [0.05, 0.1) is 12.3 Å². The van der Waals surface area contributed by atoms with Gasteiger partial charge in [-0.2, -0.15) is 0 Å². The van der Waals surface area contributed by atoms with Gasteiger partial charge in [0, 0.05) is 19.3 Å². The summed E-state index contributed by atoms with van der Waals surface area (Å²) >= 11 is 0. The number of rotatable bonds is 8. The van der Waals surface area contributed by atoms with Crippen molar-refractivity contribution in [3.8, 4) is 5.75 Å². The third-order valence-corrected chi connectivity index (χ3v) is 4.19. The number of alkyl carbamates (subject to hydrolysis) is 1. The number of nitrogens with one attached hydrogen (secondary N) is 2. The third-order valence-electron chi connectivity index (χ3n) is 4.19. The number of carbonyl (C=O) groups excluding carboxylic acids is 3. The SMILES string of the molecule is CCOC(=O)[C@H](Cc1ccc2c(c1)NC(=O)C(CCC(=O)O)O2)NC(=O)OC(C)(C)C. The number of aliphatic carboxylic acids is 1. The van der Waals surface area contributed by atoms with Crippen molar-refractivity contribution in [2.75, 3.05) is 11.9 Å². The second-order valence-corrected chi connectivity index (χ2v) is 8.01. The predicted octanol–water partition coefficient (Wildman–Crippen LogP) is 2.25. The Balaban J connectivity index is 2.12. The lowest BCUT2D eigenvalue weighted by atomic mass is 10.0. The number of fused-ring (bicyclic) bond motifs is 1. The molecule has 2 rings (SSSR count). The van der Waals surface area contributed by atoms with E-state index < -0.39 is 41.7 Å². The molecular weight excluding hydrogens is 408 g/mol. The Labute approximate surface area is 180 Å². The number of ether oxygens (including phenoxy) is 3. The number of anilines is 1. The van der Waals surface area contributed by atoms with Crippen molar-refractivity contribution in [2.24, 2.45) is 0 Å². The molecule has 2 amide bonds. The van der Waals surface area contributed by atoms with Crippen LogP contribution in [0.15, 0.2) is 18.2 Å². The van der Waals surface area contributed by atoms with Crippen LogP contribution >= 0.6 is 0 Å². The topological polar surface area (TPSA) is 140 Å². The number of carboxylic acids is 1. The van der Waals surface area contributed by atoms with Crippen molar-refractivity contribution in [1.29, 1.82) is 0 Å². The van der Waals surface area contributed by atoms with Crippen LogP contribution in [0.4, 0.5) is 10.5 Å². The van der Waals surface area contributed by atoms with Gasteiger partial charge >= 0.3 is 18.0 Å². The zero-order valence-corrected chi connectivity index (χ0v) is 18.0. The first-order valence-corrected chi connectivity index (χ1v) is 9.97. The molecule has 0 saturated carbocycles. The lowest BCUT2D eigenvalue weighted by molar-refractivity contribution is -0.145. The molecule has 31 heavy (non-hydrogen) atoms. The van der Waals surface area contributed by atoms with Crippen LogP contribution in [0, 0.1) is 0 Å². The molecule has 3 N–H and O–H groups in total. The molecule has 2 atom stereocenters. The normalized spacial score (nSPS) is 16.3. The second kappa shape index (κ2) is 10.1. The Morgan fingerprint density at radius 2 is 2.00 bits per heavy atom. The van der Waals surface area contributed by atoms with E-state index in [0.29, 0.717) is 17.0 Å². The van der Waals surface area contributed by atoms with E-state index in [4.69, 9.17) is 19.3 Å². The molecule has 1 aliphatic rings. The highest BCUT2D eigenvalue weighted by Crippen LogP contribution is 2.32. The standard InChI is InChI=1S/C21H28N2O8/c1-5-29-19(27)14(23-20(28)31-21(2,3)4)11-12-6-7-15-13(10-12)22-18(26)16(30-15)8-9-17(24)25/h6-7,10,14,16H,5,8-9,11H2,1-4H3,(H,22,26)(H,23,28)(H,24,25)/t14-,16?/m0/s1. The van der Waals surface area contributed by atoms with Gasteiger partial charge in [-0.1, -0.05) is 6.07 Å². The highest BCUT2D eigenvalue weighted by molar-refractivity contribution is 5.98. The van der Waals surface area contributed by atoms with Crippen LogP contribution in [0.25, 0.3) is 0 Å². The largest absolute Gasteiger partial charge is 0.481 e. The number of carboxylic acid groups (broad SMARTS) is 1. The van der Waals surface area contributed by atoms with E-state index in [1.165, 1.54) is 0 Å². The maximum Gasteiger partial charge on any atom is 0.408 e. The van der Waals surface area contributed by atoms with Crippen molar-refractivity contribution in [3.63, 3.8) is 0 Å². The molecule has 0 fully saturated rings. The lowest BCUT2D eigenvalue weighted by Gasteiger charge is -2.26. The Morgan fingerprint density at radius 1 is 1.29 bits per heavy atom. The maximum atomic E-state index is 12.3. The number of esters is 1. The summed E-state index contributed by atoms with van der Waals surface area (Å²) in [6.45, 7) is 6.94. The van der Waals surface area contributed by atoms with Gasteiger partial charge in [0.25, 0.3) is 5.91 Å². The van der Waals surface area contributed by atoms with E-state index in [0.717, 1.165) is 0 Å². The average molecular weight is 436 g/mol. The minimum Gasteiger partial charge on any atom is -0.481 e. The van der Waals surface area contributed by atoms with Gasteiger partial charge in [-0.05, 0) is 45.4 Å². The fourth-order valence-electron chi connectivity index (χ4n) is 2.89. The quantitative estimate of drug-likeness (QED) is 0.527. The zero-order chi connectivity index (χ0) is 23.2. The number of benzene rings is 1. The van der Waals surface area contributed by atoms with E-state index in [2.05, 4.69) is 10.6 Å². The molecule has 0 saturated heterocycles. The minimum atomic E-state index is -1.01. The van der Waals surface area contributed by atoms with Crippen LogP contribution in [0.1, 0.15) is 46.1 Å². The van der Waals surface area contributed by atoms with E-state index in [-0.39, 0.29) is 25.9 Å². The molecule has 0 aromatic heterocycles. The number of hydrogen-bond acceptors (Lipinski definition) is 7. The summed E-state index contributed by atoms with van der Waals surface area (Å²) in [5.74, 6) is -1.67. The van der Waals surface area contributed by atoms with Crippen LogP contribution in [-0.2, 0) is 30.3 Å². The lowest BCUT2D eigenvalue weighted by Crippen LogP contribution is -2.45. The van der Waals surface area contributed by atoms with Gasteiger partial charge in [0.15, 0.2) is 6.10 Å². The Hall–Kier alpha value is -3.30. The first kappa shape index (κ1) is 24.0. The molecule has 10 heteroatoms. The smallest absolute Gasteiger partial charge is 0.408 e. The molecule has 1 heterocycles. The Morgan fingerprint density at radius 3 is 2.61 bits per heavy atom. The van der Waals surface area contributed by atoms with Crippen LogP contribution in [0.2, 0.25) is 0 Å². The Bertz CT molecular complexity index is 846. The molecule has 170 valence electrons. The molecule has 0 radical (unpaired) electrons. The summed E-state index contributed by atoms with van der Waals surface area (Å²) in [4.78, 5) is 47.4. The van der Waals surface area contributed by atoms with Gasteiger partial charge in [-0.3, -0.25) is 9.59 Å². The van der Waals surface area contributed by atoms with Gasteiger partial charge in [0.1, 0.15) is 17.4 Å². The van der Waals surface area contributed by atoms with E-state index in [9.17, 15) is 19.2 Å². The molecule has 1 aromatic rings. The van der Waals surface area contributed by atoms with Crippen LogP contribution in [0.5, 0.6) is 5.75 Å². The molecule has 10 nitrogen and oxygen atoms in total.